The predicted molar refractivity (Wildman–Crippen MR) is 95.8 cm³/mol. The van der Waals surface area contributed by atoms with Crippen molar-refractivity contribution >= 4 is 11.6 Å². The van der Waals surface area contributed by atoms with Crippen molar-refractivity contribution in [2.75, 3.05) is 5.32 Å². The summed E-state index contributed by atoms with van der Waals surface area (Å²) in [5.41, 5.74) is 1.43. The Kier molecular flexibility index (Phi) is 4.64. The second-order valence-electron chi connectivity index (χ2n) is 5.67. The van der Waals surface area contributed by atoms with E-state index in [9.17, 15) is 4.79 Å². The van der Waals surface area contributed by atoms with E-state index in [-0.39, 0.29) is 12.3 Å². The molecule has 0 fully saturated rings. The van der Waals surface area contributed by atoms with Gasteiger partial charge in [-0.15, -0.1) is 0 Å². The van der Waals surface area contributed by atoms with Gasteiger partial charge in [0.15, 0.2) is 0 Å². The molecule has 0 saturated heterocycles. The fourth-order valence-electron chi connectivity index (χ4n) is 2.43. The standard InChI is InChI=1S/C18H15N7O2/c26-16(22-14-1-2-15(21-11-14)25-10-9-20-12-25)3-4-17-23-18(24-27-17)13-5-7-19-8-6-13/h1-2,5-12H,3-4H2,(H,22,26). The molecule has 1 N–H and O–H groups in total. The lowest BCUT2D eigenvalue weighted by molar-refractivity contribution is -0.116. The van der Waals surface area contributed by atoms with Crippen LogP contribution >= 0.6 is 0 Å². The number of carbonyl (C=O) groups is 1. The maximum atomic E-state index is 12.1. The highest BCUT2D eigenvalue weighted by atomic mass is 16.5. The van der Waals surface area contributed by atoms with Crippen LogP contribution in [0.1, 0.15) is 12.3 Å². The van der Waals surface area contributed by atoms with E-state index in [1.807, 2.05) is 0 Å². The zero-order valence-corrected chi connectivity index (χ0v) is 14.2. The topological polar surface area (TPSA) is 112 Å². The van der Waals surface area contributed by atoms with E-state index in [0.29, 0.717) is 23.8 Å². The minimum absolute atomic E-state index is 0.157. The minimum atomic E-state index is -0.157. The largest absolute Gasteiger partial charge is 0.339 e. The molecule has 4 aromatic heterocycles. The summed E-state index contributed by atoms with van der Waals surface area (Å²) in [5, 5.41) is 6.72. The summed E-state index contributed by atoms with van der Waals surface area (Å²) < 4.78 is 6.97. The Morgan fingerprint density at radius 2 is 2.00 bits per heavy atom. The summed E-state index contributed by atoms with van der Waals surface area (Å²) in [7, 11) is 0. The summed E-state index contributed by atoms with van der Waals surface area (Å²) in [6, 6.07) is 7.17. The lowest BCUT2D eigenvalue weighted by Gasteiger charge is -2.05. The van der Waals surface area contributed by atoms with E-state index in [0.717, 1.165) is 11.4 Å². The van der Waals surface area contributed by atoms with Gasteiger partial charge in [-0.3, -0.25) is 14.3 Å². The van der Waals surface area contributed by atoms with Crippen LogP contribution in [0.4, 0.5) is 5.69 Å². The maximum absolute atomic E-state index is 12.1. The van der Waals surface area contributed by atoms with Crippen molar-refractivity contribution < 1.29 is 9.32 Å². The number of hydrogen-bond donors (Lipinski definition) is 1. The molecule has 0 atom stereocenters. The number of nitrogens with one attached hydrogen (secondary N) is 1. The first-order valence-electron chi connectivity index (χ1n) is 8.25. The van der Waals surface area contributed by atoms with E-state index in [1.54, 1.807) is 66.1 Å². The molecule has 0 spiro atoms. The van der Waals surface area contributed by atoms with E-state index < -0.39 is 0 Å². The van der Waals surface area contributed by atoms with Crippen LogP contribution in [0, 0.1) is 0 Å². The Labute approximate surface area is 154 Å². The number of pyridine rings is 2. The number of carbonyl (C=O) groups excluding carboxylic acids is 1. The highest BCUT2D eigenvalue weighted by Gasteiger charge is 2.11. The molecule has 134 valence electrons. The number of amides is 1. The molecule has 0 aliphatic carbocycles. The van der Waals surface area contributed by atoms with E-state index in [4.69, 9.17) is 4.52 Å². The molecule has 0 aliphatic rings. The lowest BCUT2D eigenvalue weighted by atomic mass is 10.2. The third-order valence-electron chi connectivity index (χ3n) is 3.77. The zero-order chi connectivity index (χ0) is 18.5. The number of imidazole rings is 1. The zero-order valence-electron chi connectivity index (χ0n) is 14.2. The van der Waals surface area contributed by atoms with Gasteiger partial charge in [-0.25, -0.2) is 9.97 Å². The number of anilines is 1. The van der Waals surface area contributed by atoms with Gasteiger partial charge in [0.2, 0.25) is 17.6 Å². The molecule has 9 heteroatoms. The van der Waals surface area contributed by atoms with Gasteiger partial charge in [0, 0.05) is 43.2 Å². The number of hydrogen-bond acceptors (Lipinski definition) is 7. The molecule has 4 heterocycles. The van der Waals surface area contributed by atoms with Crippen LogP contribution in [0.5, 0.6) is 0 Å². The third kappa shape index (κ3) is 4.03. The van der Waals surface area contributed by atoms with Gasteiger partial charge < -0.3 is 9.84 Å². The quantitative estimate of drug-likeness (QED) is 0.561. The Morgan fingerprint density at radius 1 is 1.11 bits per heavy atom. The van der Waals surface area contributed by atoms with Gasteiger partial charge >= 0.3 is 0 Å². The van der Waals surface area contributed by atoms with Crippen LogP contribution in [-0.4, -0.2) is 35.6 Å². The first-order valence-corrected chi connectivity index (χ1v) is 8.25. The van der Waals surface area contributed by atoms with Crippen molar-refractivity contribution in [2.45, 2.75) is 12.8 Å². The van der Waals surface area contributed by atoms with Crippen molar-refractivity contribution in [3.05, 3.63) is 67.5 Å². The summed E-state index contributed by atoms with van der Waals surface area (Å²) in [5.74, 6) is 1.45. The first-order chi connectivity index (χ1) is 13.3. The van der Waals surface area contributed by atoms with Crippen LogP contribution < -0.4 is 5.32 Å². The first kappa shape index (κ1) is 16.6. The number of aromatic nitrogens is 6. The predicted octanol–water partition coefficient (Wildman–Crippen LogP) is 2.28. The molecule has 0 bridgehead atoms. The van der Waals surface area contributed by atoms with Crippen LogP contribution in [0.15, 0.2) is 66.1 Å². The SMILES string of the molecule is O=C(CCc1nc(-c2ccncc2)no1)Nc1ccc(-n2ccnc2)nc1. The summed E-state index contributed by atoms with van der Waals surface area (Å²) in [6.07, 6.45) is 10.6. The maximum Gasteiger partial charge on any atom is 0.227 e. The number of aryl methyl sites for hydroxylation is 1. The van der Waals surface area contributed by atoms with Crippen LogP contribution in [0.25, 0.3) is 17.2 Å². The Morgan fingerprint density at radius 3 is 2.74 bits per heavy atom. The van der Waals surface area contributed by atoms with Crippen LogP contribution in [0.3, 0.4) is 0 Å². The van der Waals surface area contributed by atoms with Crippen molar-refractivity contribution in [1.82, 2.24) is 29.7 Å². The van der Waals surface area contributed by atoms with Crippen molar-refractivity contribution in [1.29, 1.82) is 0 Å². The molecule has 0 radical (unpaired) electrons. The molecule has 9 nitrogen and oxygen atoms in total. The van der Waals surface area contributed by atoms with Gasteiger partial charge in [0.05, 0.1) is 11.9 Å². The minimum Gasteiger partial charge on any atom is -0.339 e. The highest BCUT2D eigenvalue weighted by molar-refractivity contribution is 5.90. The molecule has 4 aromatic rings. The average molecular weight is 361 g/mol. The molecular weight excluding hydrogens is 346 g/mol. The third-order valence-corrected chi connectivity index (χ3v) is 3.77. The Bertz CT molecular complexity index is 1010. The second kappa shape index (κ2) is 7.56. The van der Waals surface area contributed by atoms with Crippen molar-refractivity contribution in [3.8, 4) is 17.2 Å². The molecule has 0 unspecified atom stereocenters. The molecule has 0 aliphatic heterocycles. The van der Waals surface area contributed by atoms with Gasteiger partial charge in [-0.1, -0.05) is 5.16 Å². The highest BCUT2D eigenvalue weighted by Crippen LogP contribution is 2.15. The van der Waals surface area contributed by atoms with Crippen molar-refractivity contribution in [3.63, 3.8) is 0 Å². The van der Waals surface area contributed by atoms with Crippen LogP contribution in [0.2, 0.25) is 0 Å². The van der Waals surface area contributed by atoms with Gasteiger partial charge in [0.25, 0.3) is 0 Å². The summed E-state index contributed by atoms with van der Waals surface area (Å²) >= 11 is 0. The van der Waals surface area contributed by atoms with Gasteiger partial charge in [0.1, 0.15) is 12.1 Å². The monoisotopic (exact) mass is 361 g/mol. The number of rotatable bonds is 6. The summed E-state index contributed by atoms with van der Waals surface area (Å²) in [6.45, 7) is 0. The van der Waals surface area contributed by atoms with E-state index in [1.165, 1.54) is 0 Å². The Balaban J connectivity index is 1.32. The van der Waals surface area contributed by atoms with E-state index in [2.05, 4.69) is 30.4 Å². The van der Waals surface area contributed by atoms with E-state index >= 15 is 0 Å². The summed E-state index contributed by atoms with van der Waals surface area (Å²) in [4.78, 5) is 28.6. The fourth-order valence-corrected chi connectivity index (χ4v) is 2.43. The van der Waals surface area contributed by atoms with Gasteiger partial charge in [-0.05, 0) is 24.3 Å². The normalized spacial score (nSPS) is 10.7. The molecule has 4 rings (SSSR count). The number of nitrogens with zero attached hydrogens (tertiary/aromatic N) is 6. The molecular formula is C18H15N7O2. The average Bonchev–Trinajstić information content (AvgIpc) is 3.40. The molecule has 1 amide bonds. The second-order valence-corrected chi connectivity index (χ2v) is 5.67. The van der Waals surface area contributed by atoms with Gasteiger partial charge in [-0.2, -0.15) is 4.98 Å². The Hall–Kier alpha value is -3.88. The molecule has 27 heavy (non-hydrogen) atoms. The van der Waals surface area contributed by atoms with Crippen molar-refractivity contribution in [2.24, 2.45) is 0 Å². The molecule has 0 aromatic carbocycles. The lowest BCUT2D eigenvalue weighted by Crippen LogP contribution is -2.12. The fraction of sp³-hybridized carbons (Fsp3) is 0.111. The molecule has 0 saturated carbocycles. The smallest absolute Gasteiger partial charge is 0.227 e. The van der Waals surface area contributed by atoms with Crippen LogP contribution in [-0.2, 0) is 11.2 Å².